The van der Waals surface area contributed by atoms with E-state index >= 15 is 0 Å². The summed E-state index contributed by atoms with van der Waals surface area (Å²) in [7, 11) is 0. The molecule has 0 bridgehead atoms. The molecule has 1 N–H and O–H groups in total. The first kappa shape index (κ1) is 13.6. The van der Waals surface area contributed by atoms with Gasteiger partial charge in [-0.25, -0.2) is 0 Å². The maximum atomic E-state index is 4.36. The van der Waals surface area contributed by atoms with Crippen LogP contribution < -0.4 is 5.32 Å². The molecule has 2 unspecified atom stereocenters. The van der Waals surface area contributed by atoms with Gasteiger partial charge in [0.25, 0.3) is 0 Å². The molecule has 0 aromatic carbocycles. The second-order valence-electron chi connectivity index (χ2n) is 4.52. The van der Waals surface area contributed by atoms with Gasteiger partial charge < -0.3 is 5.32 Å². The van der Waals surface area contributed by atoms with Crippen molar-refractivity contribution in [1.82, 2.24) is 15.1 Å². The molecule has 0 fully saturated rings. The number of rotatable bonds is 6. The van der Waals surface area contributed by atoms with Crippen LogP contribution in [-0.2, 0) is 0 Å². The minimum absolute atomic E-state index is 0.377. The van der Waals surface area contributed by atoms with Crippen molar-refractivity contribution in [2.24, 2.45) is 0 Å². The molecule has 1 aromatic rings. The van der Waals surface area contributed by atoms with E-state index in [1.54, 1.807) is 0 Å². The van der Waals surface area contributed by atoms with Crippen molar-refractivity contribution < 1.29 is 0 Å². The van der Waals surface area contributed by atoms with E-state index in [1.165, 1.54) is 5.56 Å². The zero-order chi connectivity index (χ0) is 12.1. The molecular formula is C12H23N3S. The molecule has 4 heteroatoms. The predicted molar refractivity (Wildman–Crippen MR) is 72.0 cm³/mol. The summed E-state index contributed by atoms with van der Waals surface area (Å²) in [5, 5.41) is 8.54. The van der Waals surface area contributed by atoms with Crippen molar-refractivity contribution in [2.45, 2.75) is 45.0 Å². The summed E-state index contributed by atoms with van der Waals surface area (Å²) < 4.78 is 2.01. The molecule has 0 amide bonds. The summed E-state index contributed by atoms with van der Waals surface area (Å²) in [4.78, 5) is 0. The standard InChI is InChI=1S/C12H23N3S/c1-9(2)15-8-12(7-14-15)11(4)13-6-10(3)16-5/h7-11,13H,6H2,1-5H3. The average Bonchev–Trinajstić information content (AvgIpc) is 2.74. The van der Waals surface area contributed by atoms with Gasteiger partial charge in [-0.3, -0.25) is 4.68 Å². The Kier molecular flexibility index (Phi) is 5.35. The third kappa shape index (κ3) is 3.83. The topological polar surface area (TPSA) is 29.9 Å². The maximum Gasteiger partial charge on any atom is 0.0537 e. The molecule has 1 heterocycles. The van der Waals surface area contributed by atoms with Crippen LogP contribution in [0.5, 0.6) is 0 Å². The summed E-state index contributed by atoms with van der Waals surface area (Å²) in [5.41, 5.74) is 1.27. The van der Waals surface area contributed by atoms with Crippen LogP contribution in [-0.4, -0.2) is 27.8 Å². The predicted octanol–water partition coefficient (Wildman–Crippen LogP) is 2.87. The summed E-state index contributed by atoms with van der Waals surface area (Å²) in [6.07, 6.45) is 6.24. The molecule has 0 spiro atoms. The molecule has 1 aromatic heterocycles. The van der Waals surface area contributed by atoms with Gasteiger partial charge >= 0.3 is 0 Å². The lowest BCUT2D eigenvalue weighted by atomic mass is 10.2. The lowest BCUT2D eigenvalue weighted by Crippen LogP contribution is -2.25. The molecule has 0 saturated heterocycles. The van der Waals surface area contributed by atoms with Gasteiger partial charge in [0.05, 0.1) is 6.20 Å². The van der Waals surface area contributed by atoms with Crippen LogP contribution in [0, 0.1) is 0 Å². The van der Waals surface area contributed by atoms with Crippen molar-refractivity contribution in [3.8, 4) is 0 Å². The second kappa shape index (κ2) is 6.30. The van der Waals surface area contributed by atoms with Crippen LogP contribution in [0.1, 0.15) is 45.3 Å². The summed E-state index contributed by atoms with van der Waals surface area (Å²) in [6, 6.07) is 0.813. The number of thioether (sulfide) groups is 1. The molecule has 0 aliphatic heterocycles. The maximum absolute atomic E-state index is 4.36. The molecule has 2 atom stereocenters. The normalized spacial score (nSPS) is 15.4. The van der Waals surface area contributed by atoms with E-state index in [9.17, 15) is 0 Å². The molecule has 1 rings (SSSR count). The van der Waals surface area contributed by atoms with Gasteiger partial charge in [0.2, 0.25) is 0 Å². The minimum Gasteiger partial charge on any atom is -0.309 e. The monoisotopic (exact) mass is 241 g/mol. The zero-order valence-electron chi connectivity index (χ0n) is 10.9. The van der Waals surface area contributed by atoms with E-state index in [2.05, 4.69) is 50.6 Å². The van der Waals surface area contributed by atoms with E-state index in [-0.39, 0.29) is 0 Å². The molecule has 0 saturated carbocycles. The van der Waals surface area contributed by atoms with E-state index in [4.69, 9.17) is 0 Å². The van der Waals surface area contributed by atoms with E-state index < -0.39 is 0 Å². The third-order valence-corrected chi connectivity index (χ3v) is 3.74. The molecule has 92 valence electrons. The van der Waals surface area contributed by atoms with Crippen LogP contribution >= 0.6 is 11.8 Å². The lowest BCUT2D eigenvalue weighted by molar-refractivity contribution is 0.529. The zero-order valence-corrected chi connectivity index (χ0v) is 11.7. The number of hydrogen-bond donors (Lipinski definition) is 1. The lowest BCUT2D eigenvalue weighted by Gasteiger charge is -2.15. The average molecular weight is 241 g/mol. The molecular weight excluding hydrogens is 218 g/mol. The first-order valence-corrected chi connectivity index (χ1v) is 7.13. The van der Waals surface area contributed by atoms with Crippen molar-refractivity contribution in [2.75, 3.05) is 12.8 Å². The van der Waals surface area contributed by atoms with Crippen LogP contribution in [0.15, 0.2) is 12.4 Å². The Morgan fingerprint density at radius 2 is 2.06 bits per heavy atom. The first-order valence-electron chi connectivity index (χ1n) is 5.84. The van der Waals surface area contributed by atoms with E-state index in [1.807, 2.05) is 22.6 Å². The number of nitrogens with one attached hydrogen (secondary N) is 1. The fourth-order valence-electron chi connectivity index (χ4n) is 1.40. The van der Waals surface area contributed by atoms with Crippen molar-refractivity contribution >= 4 is 11.8 Å². The Morgan fingerprint density at radius 1 is 1.38 bits per heavy atom. The molecule has 0 aliphatic carbocycles. The number of nitrogens with zero attached hydrogens (tertiary/aromatic N) is 2. The van der Waals surface area contributed by atoms with Crippen LogP contribution in [0.25, 0.3) is 0 Å². The smallest absolute Gasteiger partial charge is 0.0537 e. The van der Waals surface area contributed by atoms with Gasteiger partial charge in [0, 0.05) is 35.6 Å². The minimum atomic E-state index is 0.377. The van der Waals surface area contributed by atoms with Crippen molar-refractivity contribution in [1.29, 1.82) is 0 Å². The molecule has 0 aliphatic rings. The van der Waals surface area contributed by atoms with Crippen LogP contribution in [0.2, 0.25) is 0 Å². The van der Waals surface area contributed by atoms with E-state index in [0.29, 0.717) is 17.3 Å². The summed E-state index contributed by atoms with van der Waals surface area (Å²) in [6.45, 7) is 9.75. The van der Waals surface area contributed by atoms with Crippen molar-refractivity contribution in [3.05, 3.63) is 18.0 Å². The second-order valence-corrected chi connectivity index (χ2v) is 5.80. The van der Waals surface area contributed by atoms with E-state index in [0.717, 1.165) is 6.54 Å². The Bertz CT molecular complexity index is 309. The first-order chi connectivity index (χ1) is 7.54. The van der Waals surface area contributed by atoms with Gasteiger partial charge in [0.15, 0.2) is 0 Å². The fraction of sp³-hybridized carbons (Fsp3) is 0.750. The highest BCUT2D eigenvalue weighted by atomic mass is 32.2. The molecule has 0 radical (unpaired) electrons. The summed E-state index contributed by atoms with van der Waals surface area (Å²) in [5.74, 6) is 0. The van der Waals surface area contributed by atoms with Gasteiger partial charge in [-0.15, -0.1) is 0 Å². The van der Waals surface area contributed by atoms with Gasteiger partial charge in [-0.1, -0.05) is 6.92 Å². The Labute approximate surface area is 103 Å². The SMILES string of the molecule is CSC(C)CNC(C)c1cnn(C(C)C)c1. The highest BCUT2D eigenvalue weighted by molar-refractivity contribution is 7.99. The number of aromatic nitrogens is 2. The van der Waals surface area contributed by atoms with Crippen LogP contribution in [0.3, 0.4) is 0 Å². The Hall–Kier alpha value is -0.480. The Balaban J connectivity index is 2.49. The highest BCUT2D eigenvalue weighted by Gasteiger charge is 2.09. The van der Waals surface area contributed by atoms with Gasteiger partial charge in [0.1, 0.15) is 0 Å². The quantitative estimate of drug-likeness (QED) is 0.830. The Morgan fingerprint density at radius 3 is 2.56 bits per heavy atom. The number of hydrogen-bond acceptors (Lipinski definition) is 3. The molecule has 3 nitrogen and oxygen atoms in total. The largest absolute Gasteiger partial charge is 0.309 e. The van der Waals surface area contributed by atoms with Gasteiger partial charge in [-0.05, 0) is 27.0 Å². The highest BCUT2D eigenvalue weighted by Crippen LogP contribution is 2.14. The summed E-state index contributed by atoms with van der Waals surface area (Å²) >= 11 is 1.89. The van der Waals surface area contributed by atoms with Crippen LogP contribution in [0.4, 0.5) is 0 Å². The molecule has 16 heavy (non-hydrogen) atoms. The fourth-order valence-corrected chi connectivity index (χ4v) is 1.67. The third-order valence-electron chi connectivity index (χ3n) is 2.76. The van der Waals surface area contributed by atoms with Gasteiger partial charge in [-0.2, -0.15) is 16.9 Å². The van der Waals surface area contributed by atoms with Crippen molar-refractivity contribution in [3.63, 3.8) is 0 Å².